The Bertz CT molecular complexity index is 264. The molecule has 0 radical (unpaired) electrons. The topological polar surface area (TPSA) is 49.6 Å². The summed E-state index contributed by atoms with van der Waals surface area (Å²) in [7, 11) is 0. The molecule has 0 aromatic carbocycles. The number of nitrogens with two attached hydrogens (primary N) is 1. The summed E-state index contributed by atoms with van der Waals surface area (Å²) in [5.74, 6) is 0.336. The van der Waals surface area contributed by atoms with Crippen LogP contribution in [0.2, 0.25) is 0 Å². The van der Waals surface area contributed by atoms with Crippen molar-refractivity contribution in [3.05, 3.63) is 0 Å². The molecule has 2 saturated heterocycles. The van der Waals surface area contributed by atoms with Crippen LogP contribution in [-0.2, 0) is 4.79 Å². The molecule has 0 aliphatic carbocycles. The lowest BCUT2D eigenvalue weighted by Gasteiger charge is -2.32. The van der Waals surface area contributed by atoms with E-state index in [9.17, 15) is 4.79 Å². The normalized spacial score (nSPS) is 25.6. The van der Waals surface area contributed by atoms with Gasteiger partial charge in [-0.2, -0.15) is 0 Å². The highest BCUT2D eigenvalue weighted by molar-refractivity contribution is 5.76. The molecule has 2 fully saturated rings. The number of likely N-dealkylation sites (tertiary alicyclic amines) is 2. The van der Waals surface area contributed by atoms with E-state index in [2.05, 4.69) is 9.80 Å². The number of nitrogens with zero attached hydrogens (tertiary/aromatic N) is 2. The first-order chi connectivity index (χ1) is 8.81. The predicted octanol–water partition coefficient (Wildman–Crippen LogP) is 1.20. The molecule has 1 amide bonds. The van der Waals surface area contributed by atoms with Gasteiger partial charge in [-0.1, -0.05) is 6.42 Å². The van der Waals surface area contributed by atoms with Crippen LogP contribution in [0, 0.1) is 0 Å². The molecule has 0 spiro atoms. The molecular formula is C14H27N3O. The van der Waals surface area contributed by atoms with E-state index in [1.165, 1.54) is 38.8 Å². The first-order valence-corrected chi connectivity index (χ1v) is 7.53. The second kappa shape index (κ2) is 7.10. The maximum Gasteiger partial charge on any atom is 0.222 e. The van der Waals surface area contributed by atoms with Gasteiger partial charge in [0, 0.05) is 25.6 Å². The number of rotatable bonds is 5. The van der Waals surface area contributed by atoms with Gasteiger partial charge in [0.25, 0.3) is 0 Å². The maximum absolute atomic E-state index is 12.0. The van der Waals surface area contributed by atoms with Crippen molar-refractivity contribution in [2.75, 3.05) is 32.7 Å². The van der Waals surface area contributed by atoms with Crippen LogP contribution in [0.15, 0.2) is 0 Å². The van der Waals surface area contributed by atoms with E-state index in [-0.39, 0.29) is 0 Å². The van der Waals surface area contributed by atoms with Crippen LogP contribution < -0.4 is 5.73 Å². The average Bonchev–Trinajstić information content (AvgIpc) is 2.89. The van der Waals surface area contributed by atoms with Crippen molar-refractivity contribution in [3.8, 4) is 0 Å². The minimum absolute atomic E-state index is 0.336. The first-order valence-electron chi connectivity index (χ1n) is 7.53. The van der Waals surface area contributed by atoms with Gasteiger partial charge < -0.3 is 10.6 Å². The van der Waals surface area contributed by atoms with Gasteiger partial charge in [0.15, 0.2) is 0 Å². The van der Waals surface area contributed by atoms with Crippen LogP contribution in [0.4, 0.5) is 0 Å². The molecule has 4 heteroatoms. The van der Waals surface area contributed by atoms with E-state index in [4.69, 9.17) is 5.73 Å². The fourth-order valence-electron chi connectivity index (χ4n) is 3.13. The van der Waals surface area contributed by atoms with E-state index in [1.54, 1.807) is 0 Å². The molecule has 0 bridgehead atoms. The Morgan fingerprint density at radius 1 is 1.11 bits per heavy atom. The Morgan fingerprint density at radius 2 is 1.89 bits per heavy atom. The van der Waals surface area contributed by atoms with Crippen LogP contribution in [-0.4, -0.2) is 54.5 Å². The number of piperidine rings is 1. The molecule has 0 aromatic heterocycles. The molecule has 2 rings (SSSR count). The van der Waals surface area contributed by atoms with E-state index >= 15 is 0 Å². The third-order valence-corrected chi connectivity index (χ3v) is 4.27. The molecule has 104 valence electrons. The molecule has 4 nitrogen and oxygen atoms in total. The summed E-state index contributed by atoms with van der Waals surface area (Å²) in [6.45, 7) is 5.09. The second-order valence-electron chi connectivity index (χ2n) is 5.62. The summed E-state index contributed by atoms with van der Waals surface area (Å²) in [6, 6.07) is 0.628. The van der Waals surface area contributed by atoms with Crippen molar-refractivity contribution in [1.82, 2.24) is 9.80 Å². The predicted molar refractivity (Wildman–Crippen MR) is 73.3 cm³/mol. The molecule has 1 atom stereocenters. The standard InChI is InChI=1S/C14H27N3O/c15-8-3-2-6-14(18)17-11-7-13(12-17)16-9-4-1-5-10-16/h13H,1-12,15H2. The summed E-state index contributed by atoms with van der Waals surface area (Å²) in [6.07, 6.45) is 7.81. The molecule has 2 heterocycles. The van der Waals surface area contributed by atoms with Crippen molar-refractivity contribution in [2.24, 2.45) is 5.73 Å². The lowest BCUT2D eigenvalue weighted by atomic mass is 10.1. The largest absolute Gasteiger partial charge is 0.341 e. The van der Waals surface area contributed by atoms with Gasteiger partial charge in [-0.25, -0.2) is 0 Å². The molecule has 0 aromatic rings. The van der Waals surface area contributed by atoms with Crippen molar-refractivity contribution in [2.45, 2.75) is 51.0 Å². The van der Waals surface area contributed by atoms with E-state index in [0.717, 1.165) is 25.9 Å². The highest BCUT2D eigenvalue weighted by Crippen LogP contribution is 2.20. The third-order valence-electron chi connectivity index (χ3n) is 4.27. The second-order valence-corrected chi connectivity index (χ2v) is 5.62. The Balaban J connectivity index is 1.71. The zero-order valence-corrected chi connectivity index (χ0v) is 11.4. The Morgan fingerprint density at radius 3 is 2.61 bits per heavy atom. The monoisotopic (exact) mass is 253 g/mol. The maximum atomic E-state index is 12.0. The molecular weight excluding hydrogens is 226 g/mol. The fraction of sp³-hybridized carbons (Fsp3) is 0.929. The lowest BCUT2D eigenvalue weighted by Crippen LogP contribution is -2.41. The summed E-state index contributed by atoms with van der Waals surface area (Å²) in [5, 5.41) is 0. The van der Waals surface area contributed by atoms with Gasteiger partial charge in [0.05, 0.1) is 0 Å². The smallest absolute Gasteiger partial charge is 0.222 e. The quantitative estimate of drug-likeness (QED) is 0.749. The van der Waals surface area contributed by atoms with Gasteiger partial charge in [0.2, 0.25) is 5.91 Å². The van der Waals surface area contributed by atoms with Crippen LogP contribution in [0.1, 0.15) is 44.9 Å². The van der Waals surface area contributed by atoms with Crippen LogP contribution >= 0.6 is 0 Å². The number of hydrogen-bond donors (Lipinski definition) is 1. The van der Waals surface area contributed by atoms with Crippen LogP contribution in [0.5, 0.6) is 0 Å². The van der Waals surface area contributed by atoms with Gasteiger partial charge in [-0.15, -0.1) is 0 Å². The SMILES string of the molecule is NCCCCC(=O)N1CCC(N2CCCCC2)C1. The fourth-order valence-corrected chi connectivity index (χ4v) is 3.13. The van der Waals surface area contributed by atoms with Gasteiger partial charge in [0.1, 0.15) is 0 Å². The van der Waals surface area contributed by atoms with Crippen molar-refractivity contribution in [1.29, 1.82) is 0 Å². The summed E-state index contributed by atoms with van der Waals surface area (Å²) < 4.78 is 0. The van der Waals surface area contributed by atoms with Gasteiger partial charge >= 0.3 is 0 Å². The first kappa shape index (κ1) is 13.8. The summed E-state index contributed by atoms with van der Waals surface area (Å²) in [4.78, 5) is 16.7. The van der Waals surface area contributed by atoms with Crippen LogP contribution in [0.3, 0.4) is 0 Å². The van der Waals surface area contributed by atoms with Crippen molar-refractivity contribution < 1.29 is 4.79 Å². The summed E-state index contributed by atoms with van der Waals surface area (Å²) in [5.41, 5.74) is 5.46. The van der Waals surface area contributed by atoms with Crippen molar-refractivity contribution in [3.63, 3.8) is 0 Å². The molecule has 18 heavy (non-hydrogen) atoms. The minimum Gasteiger partial charge on any atom is -0.341 e. The van der Waals surface area contributed by atoms with Crippen LogP contribution in [0.25, 0.3) is 0 Å². The molecule has 2 N–H and O–H groups in total. The Labute approximate surface area is 110 Å². The highest BCUT2D eigenvalue weighted by Gasteiger charge is 2.30. The number of carbonyl (C=O) groups is 1. The van der Waals surface area contributed by atoms with Crippen molar-refractivity contribution >= 4 is 5.91 Å². The van der Waals surface area contributed by atoms with E-state index in [0.29, 0.717) is 24.9 Å². The number of amides is 1. The lowest BCUT2D eigenvalue weighted by molar-refractivity contribution is -0.130. The third kappa shape index (κ3) is 3.69. The minimum atomic E-state index is 0.336. The van der Waals surface area contributed by atoms with Gasteiger partial charge in [-0.05, 0) is 51.7 Å². The number of hydrogen-bond acceptors (Lipinski definition) is 3. The molecule has 1 unspecified atom stereocenters. The summed E-state index contributed by atoms with van der Waals surface area (Å²) >= 11 is 0. The number of carbonyl (C=O) groups excluding carboxylic acids is 1. The highest BCUT2D eigenvalue weighted by atomic mass is 16.2. The Hall–Kier alpha value is -0.610. The van der Waals surface area contributed by atoms with E-state index < -0.39 is 0 Å². The molecule has 2 aliphatic heterocycles. The number of unbranched alkanes of at least 4 members (excludes halogenated alkanes) is 1. The zero-order chi connectivity index (χ0) is 12.8. The average molecular weight is 253 g/mol. The molecule has 0 saturated carbocycles. The van der Waals surface area contributed by atoms with Gasteiger partial charge in [-0.3, -0.25) is 9.69 Å². The zero-order valence-electron chi connectivity index (χ0n) is 11.4. The van der Waals surface area contributed by atoms with E-state index in [1.807, 2.05) is 0 Å². The Kier molecular flexibility index (Phi) is 5.45. The molecule has 2 aliphatic rings.